The first-order chi connectivity index (χ1) is 14.1. The van der Waals surface area contributed by atoms with E-state index in [4.69, 9.17) is 25.1 Å². The van der Waals surface area contributed by atoms with Gasteiger partial charge in [-0.25, -0.2) is 0 Å². The number of Topliss-reactive ketones (excluding diaryl/α,β-unsaturated/α-hetero) is 1. The van der Waals surface area contributed by atoms with Crippen molar-refractivity contribution in [3.8, 4) is 0 Å². The summed E-state index contributed by atoms with van der Waals surface area (Å²) in [5, 5.41) is 13.4. The zero-order chi connectivity index (χ0) is 23.1. The van der Waals surface area contributed by atoms with E-state index in [1.165, 1.54) is 13.8 Å². The number of ketones is 1. The fourth-order valence-electron chi connectivity index (χ4n) is 2.17. The maximum absolute atomic E-state index is 12.2. The van der Waals surface area contributed by atoms with Gasteiger partial charge in [-0.05, 0) is 6.92 Å². The Bertz CT molecular complexity index is 597. The fraction of sp³-hybridized carbons (Fsp3) is 0.722. The van der Waals surface area contributed by atoms with Gasteiger partial charge in [0.15, 0.2) is 5.78 Å². The Balaban J connectivity index is 4.28. The molecule has 0 aromatic rings. The molecule has 0 aliphatic heterocycles. The predicted molar refractivity (Wildman–Crippen MR) is 103 cm³/mol. The SMILES string of the molecule is COCCOCCOCC(=O)N[C@@H](C)C(=O)C[C@@H](C)C(=O)N[C@@H](CC(=O)O)C(N)=O. The second kappa shape index (κ2) is 15.3. The molecular formula is C18H31N3O9. The lowest BCUT2D eigenvalue weighted by atomic mass is 9.99. The summed E-state index contributed by atoms with van der Waals surface area (Å²) < 4.78 is 15.1. The van der Waals surface area contributed by atoms with E-state index in [2.05, 4.69) is 10.6 Å². The summed E-state index contributed by atoms with van der Waals surface area (Å²) in [5.74, 6) is -4.75. The van der Waals surface area contributed by atoms with E-state index in [-0.39, 0.29) is 19.6 Å². The zero-order valence-electron chi connectivity index (χ0n) is 17.5. The van der Waals surface area contributed by atoms with Crippen LogP contribution in [0.15, 0.2) is 0 Å². The minimum atomic E-state index is -1.37. The number of rotatable bonds is 17. The average Bonchev–Trinajstić information content (AvgIpc) is 2.65. The largest absolute Gasteiger partial charge is 0.481 e. The highest BCUT2D eigenvalue weighted by Gasteiger charge is 2.26. The van der Waals surface area contributed by atoms with Crippen LogP contribution in [0.3, 0.4) is 0 Å². The number of amides is 3. The third-order valence-electron chi connectivity index (χ3n) is 3.89. The number of nitrogens with one attached hydrogen (secondary N) is 2. The second-order valence-corrected chi connectivity index (χ2v) is 6.58. The van der Waals surface area contributed by atoms with E-state index in [0.29, 0.717) is 19.8 Å². The summed E-state index contributed by atoms with van der Waals surface area (Å²) in [6.45, 7) is 4.03. The van der Waals surface area contributed by atoms with E-state index < -0.39 is 53.9 Å². The number of carboxylic acids is 1. The molecule has 0 aliphatic carbocycles. The van der Waals surface area contributed by atoms with Gasteiger partial charge in [0.2, 0.25) is 17.7 Å². The van der Waals surface area contributed by atoms with Gasteiger partial charge >= 0.3 is 5.97 Å². The van der Waals surface area contributed by atoms with E-state index in [1.54, 1.807) is 7.11 Å². The molecule has 0 spiro atoms. The number of nitrogens with two attached hydrogens (primary N) is 1. The van der Waals surface area contributed by atoms with Crippen LogP contribution in [0.4, 0.5) is 0 Å². The summed E-state index contributed by atoms with van der Waals surface area (Å²) in [7, 11) is 1.55. The van der Waals surface area contributed by atoms with Crippen molar-refractivity contribution in [2.45, 2.75) is 38.8 Å². The molecule has 0 saturated carbocycles. The first kappa shape index (κ1) is 27.4. The summed E-state index contributed by atoms with van der Waals surface area (Å²) in [4.78, 5) is 58.0. The Labute approximate surface area is 174 Å². The van der Waals surface area contributed by atoms with Crippen molar-refractivity contribution in [3.05, 3.63) is 0 Å². The van der Waals surface area contributed by atoms with Gasteiger partial charge in [0.05, 0.1) is 38.9 Å². The number of carbonyl (C=O) groups is 5. The third-order valence-corrected chi connectivity index (χ3v) is 3.89. The molecule has 0 radical (unpaired) electrons. The third kappa shape index (κ3) is 12.8. The Morgan fingerprint density at radius 3 is 2.10 bits per heavy atom. The van der Waals surface area contributed by atoms with Crippen molar-refractivity contribution in [1.82, 2.24) is 10.6 Å². The first-order valence-corrected chi connectivity index (χ1v) is 9.36. The van der Waals surface area contributed by atoms with Crippen LogP contribution in [0.5, 0.6) is 0 Å². The molecule has 0 aliphatic rings. The molecule has 172 valence electrons. The van der Waals surface area contributed by atoms with Crippen LogP contribution in [0.25, 0.3) is 0 Å². The maximum Gasteiger partial charge on any atom is 0.305 e. The van der Waals surface area contributed by atoms with Gasteiger partial charge in [0.25, 0.3) is 0 Å². The number of ether oxygens (including phenoxy) is 3. The topological polar surface area (TPSA) is 183 Å². The predicted octanol–water partition coefficient (Wildman–Crippen LogP) is -1.79. The Morgan fingerprint density at radius 2 is 1.53 bits per heavy atom. The fourth-order valence-corrected chi connectivity index (χ4v) is 2.17. The monoisotopic (exact) mass is 433 g/mol. The minimum Gasteiger partial charge on any atom is -0.481 e. The number of carboxylic acid groups (broad SMARTS) is 1. The van der Waals surface area contributed by atoms with Gasteiger partial charge in [0.1, 0.15) is 12.6 Å². The lowest BCUT2D eigenvalue weighted by molar-refractivity contribution is -0.140. The lowest BCUT2D eigenvalue weighted by Crippen LogP contribution is -2.48. The van der Waals surface area contributed by atoms with E-state index in [1.807, 2.05) is 0 Å². The molecule has 3 amide bonds. The summed E-state index contributed by atoms with van der Waals surface area (Å²) in [6.07, 6.45) is -0.883. The molecular weight excluding hydrogens is 402 g/mol. The maximum atomic E-state index is 12.2. The number of methoxy groups -OCH3 is 1. The van der Waals surface area contributed by atoms with Gasteiger partial charge in [0, 0.05) is 19.4 Å². The summed E-state index contributed by atoms with van der Waals surface area (Å²) >= 11 is 0. The van der Waals surface area contributed by atoms with E-state index in [0.717, 1.165) is 0 Å². The van der Waals surface area contributed by atoms with Gasteiger partial charge in [-0.3, -0.25) is 24.0 Å². The van der Waals surface area contributed by atoms with E-state index in [9.17, 15) is 24.0 Å². The Hall–Kier alpha value is -2.57. The van der Waals surface area contributed by atoms with Crippen molar-refractivity contribution in [2.75, 3.05) is 40.1 Å². The molecule has 0 fully saturated rings. The van der Waals surface area contributed by atoms with Crippen molar-refractivity contribution in [3.63, 3.8) is 0 Å². The number of primary amides is 1. The van der Waals surface area contributed by atoms with Crippen LogP contribution in [0.2, 0.25) is 0 Å². The van der Waals surface area contributed by atoms with Crippen LogP contribution in [-0.4, -0.2) is 86.8 Å². The van der Waals surface area contributed by atoms with Crippen molar-refractivity contribution < 1.29 is 43.3 Å². The molecule has 12 heteroatoms. The standard InChI is InChI=1S/C18H31N3O9/c1-11(18(27)21-13(17(19)26)9-16(24)25)8-14(22)12(2)20-15(23)10-30-7-6-29-5-4-28-3/h11-13H,4-10H2,1-3H3,(H2,19,26)(H,20,23)(H,21,27)(H,24,25)/t11-,12+,13+/m1/s1. The number of aliphatic carboxylic acids is 1. The lowest BCUT2D eigenvalue weighted by Gasteiger charge is -2.18. The molecule has 0 rings (SSSR count). The molecule has 0 heterocycles. The molecule has 30 heavy (non-hydrogen) atoms. The quantitative estimate of drug-likeness (QED) is 0.192. The molecule has 5 N–H and O–H groups in total. The first-order valence-electron chi connectivity index (χ1n) is 9.36. The average molecular weight is 433 g/mol. The number of carbonyl (C=O) groups excluding carboxylic acids is 4. The Morgan fingerprint density at radius 1 is 0.933 bits per heavy atom. The van der Waals surface area contributed by atoms with E-state index >= 15 is 0 Å². The van der Waals surface area contributed by atoms with Crippen LogP contribution < -0.4 is 16.4 Å². The molecule has 0 aromatic heterocycles. The smallest absolute Gasteiger partial charge is 0.305 e. The molecule has 0 aromatic carbocycles. The van der Waals surface area contributed by atoms with Crippen molar-refractivity contribution >= 4 is 29.5 Å². The molecule has 0 saturated heterocycles. The van der Waals surface area contributed by atoms with Crippen LogP contribution in [0, 0.1) is 5.92 Å². The zero-order valence-corrected chi connectivity index (χ0v) is 17.5. The number of hydrogen-bond acceptors (Lipinski definition) is 8. The van der Waals surface area contributed by atoms with Gasteiger partial charge < -0.3 is 35.7 Å². The highest BCUT2D eigenvalue weighted by atomic mass is 16.5. The normalized spacial score (nSPS) is 13.7. The summed E-state index contributed by atoms with van der Waals surface area (Å²) in [5.41, 5.74) is 5.06. The van der Waals surface area contributed by atoms with Crippen LogP contribution in [0.1, 0.15) is 26.7 Å². The van der Waals surface area contributed by atoms with Gasteiger partial charge in [-0.1, -0.05) is 6.92 Å². The molecule has 3 atom stereocenters. The van der Waals surface area contributed by atoms with Gasteiger partial charge in [-0.15, -0.1) is 0 Å². The highest BCUT2D eigenvalue weighted by Crippen LogP contribution is 2.07. The second-order valence-electron chi connectivity index (χ2n) is 6.58. The number of hydrogen-bond donors (Lipinski definition) is 4. The van der Waals surface area contributed by atoms with Crippen LogP contribution in [-0.2, 0) is 38.2 Å². The molecule has 0 unspecified atom stereocenters. The molecule has 0 bridgehead atoms. The van der Waals surface area contributed by atoms with Crippen molar-refractivity contribution in [1.29, 1.82) is 0 Å². The summed E-state index contributed by atoms with van der Waals surface area (Å²) in [6, 6.07) is -2.24. The van der Waals surface area contributed by atoms with Crippen LogP contribution >= 0.6 is 0 Å². The highest BCUT2D eigenvalue weighted by molar-refractivity contribution is 5.94. The Kier molecular flexibility index (Phi) is 14.0. The van der Waals surface area contributed by atoms with Crippen molar-refractivity contribution in [2.24, 2.45) is 11.7 Å². The minimum absolute atomic E-state index is 0.202. The molecule has 12 nitrogen and oxygen atoms in total. The van der Waals surface area contributed by atoms with Gasteiger partial charge in [-0.2, -0.15) is 0 Å².